The highest BCUT2D eigenvalue weighted by Crippen LogP contribution is 2.68. The molecule has 5 atom stereocenters. The molecule has 0 aromatic carbocycles. The van der Waals surface area contributed by atoms with E-state index in [1.807, 2.05) is 11.1 Å². The second-order valence-corrected chi connectivity index (χ2v) is 7.27. The van der Waals surface area contributed by atoms with Gasteiger partial charge in [0.2, 0.25) is 0 Å². The third kappa shape index (κ3) is 0.908. The van der Waals surface area contributed by atoms with Crippen LogP contribution in [0.5, 0.6) is 0 Å². The second-order valence-electron chi connectivity index (χ2n) is 7.27. The molecule has 6 aliphatic rings. The van der Waals surface area contributed by atoms with E-state index in [-0.39, 0.29) is 0 Å². The van der Waals surface area contributed by atoms with Crippen molar-refractivity contribution in [1.29, 1.82) is 0 Å². The van der Waals surface area contributed by atoms with E-state index in [4.69, 9.17) is 0 Å². The van der Waals surface area contributed by atoms with Crippen molar-refractivity contribution in [2.75, 3.05) is 0 Å². The Morgan fingerprint density at radius 2 is 1.89 bits per heavy atom. The van der Waals surface area contributed by atoms with Crippen molar-refractivity contribution < 1.29 is 0 Å². The van der Waals surface area contributed by atoms with Gasteiger partial charge in [0.05, 0.1) is 0 Å². The van der Waals surface area contributed by atoms with Crippen LogP contribution in [-0.2, 0) is 0 Å². The van der Waals surface area contributed by atoms with Gasteiger partial charge in [0.15, 0.2) is 0 Å². The molecule has 3 saturated carbocycles. The molecule has 0 N–H and O–H groups in total. The average molecular weight is 238 g/mol. The van der Waals surface area contributed by atoms with Crippen molar-refractivity contribution in [1.82, 2.24) is 0 Å². The van der Waals surface area contributed by atoms with Crippen molar-refractivity contribution in [3.8, 4) is 0 Å². The van der Waals surface area contributed by atoms with Crippen LogP contribution in [0.3, 0.4) is 0 Å². The largest absolute Gasteiger partial charge is 0.0835 e. The standard InChI is InChI=1S/C18H22/c1-3-12-14-8-15-16(12)9(2)17(14)18(15)13-7-10-4-5-11(13)6-10/h3,10-11,13-15H,4-8H2,1-2H3. The lowest BCUT2D eigenvalue weighted by atomic mass is 9.77. The molecule has 0 aromatic heterocycles. The molecule has 6 aliphatic carbocycles. The van der Waals surface area contributed by atoms with Gasteiger partial charge in [-0.3, -0.25) is 0 Å². The molecule has 3 fully saturated rings. The van der Waals surface area contributed by atoms with Crippen LogP contribution in [0.15, 0.2) is 33.9 Å². The van der Waals surface area contributed by atoms with Gasteiger partial charge in [-0.25, -0.2) is 0 Å². The van der Waals surface area contributed by atoms with Crippen molar-refractivity contribution in [3.05, 3.63) is 33.9 Å². The molecule has 18 heavy (non-hydrogen) atoms. The minimum absolute atomic E-state index is 0.837. The third-order valence-corrected chi connectivity index (χ3v) is 6.80. The highest BCUT2D eigenvalue weighted by Gasteiger charge is 2.56. The summed E-state index contributed by atoms with van der Waals surface area (Å²) in [6, 6.07) is 0. The highest BCUT2D eigenvalue weighted by molar-refractivity contribution is 5.71. The van der Waals surface area contributed by atoms with Crippen molar-refractivity contribution in [2.45, 2.75) is 46.0 Å². The summed E-state index contributed by atoms with van der Waals surface area (Å²) in [4.78, 5) is 0. The van der Waals surface area contributed by atoms with E-state index >= 15 is 0 Å². The predicted octanol–water partition coefficient (Wildman–Crippen LogP) is 4.65. The maximum atomic E-state index is 2.40. The summed E-state index contributed by atoms with van der Waals surface area (Å²) in [5, 5.41) is 0. The van der Waals surface area contributed by atoms with Crippen molar-refractivity contribution >= 4 is 0 Å². The van der Waals surface area contributed by atoms with Gasteiger partial charge in [0.25, 0.3) is 0 Å². The van der Waals surface area contributed by atoms with E-state index in [0.29, 0.717) is 0 Å². The lowest BCUT2D eigenvalue weighted by Crippen LogP contribution is -2.17. The Morgan fingerprint density at radius 3 is 2.44 bits per heavy atom. The minimum atomic E-state index is 0.837. The molecule has 0 aromatic rings. The van der Waals surface area contributed by atoms with Gasteiger partial charge in [-0.1, -0.05) is 18.1 Å². The van der Waals surface area contributed by atoms with Gasteiger partial charge in [-0.15, -0.1) is 0 Å². The summed E-state index contributed by atoms with van der Waals surface area (Å²) >= 11 is 0. The Hall–Kier alpha value is -0.780. The second kappa shape index (κ2) is 3.03. The molecule has 5 unspecified atom stereocenters. The first kappa shape index (κ1) is 10.1. The summed E-state index contributed by atoms with van der Waals surface area (Å²) in [6.07, 6.45) is 10.0. The quantitative estimate of drug-likeness (QED) is 0.624. The molecule has 0 amide bonds. The van der Waals surface area contributed by atoms with Crippen LogP contribution >= 0.6 is 0 Å². The lowest BCUT2D eigenvalue weighted by Gasteiger charge is -2.27. The Labute approximate surface area is 110 Å². The molecule has 0 heterocycles. The Kier molecular flexibility index (Phi) is 1.69. The number of rotatable bonds is 1. The molecule has 0 saturated heterocycles. The summed E-state index contributed by atoms with van der Waals surface area (Å²) in [5.74, 6) is 4.88. The van der Waals surface area contributed by atoms with Crippen LogP contribution in [0.1, 0.15) is 46.0 Å². The molecule has 0 nitrogen and oxygen atoms in total. The molecule has 94 valence electrons. The van der Waals surface area contributed by atoms with Gasteiger partial charge in [-0.05, 0) is 79.6 Å². The topological polar surface area (TPSA) is 0 Å². The fraction of sp³-hybridized carbons (Fsp3) is 0.667. The molecule has 6 rings (SSSR count). The SMILES string of the molecule is CC=C1C2=C(C)C3=C(C4CC5CCC4C5)C2CC13. The normalized spacial score (nSPS) is 49.9. The van der Waals surface area contributed by atoms with E-state index in [2.05, 4.69) is 19.9 Å². The van der Waals surface area contributed by atoms with E-state index in [1.165, 1.54) is 19.3 Å². The number of hydrogen-bond acceptors (Lipinski definition) is 0. The van der Waals surface area contributed by atoms with Gasteiger partial charge in [0, 0.05) is 11.8 Å². The third-order valence-electron chi connectivity index (χ3n) is 6.80. The van der Waals surface area contributed by atoms with Gasteiger partial charge in [-0.2, -0.15) is 0 Å². The van der Waals surface area contributed by atoms with Crippen LogP contribution in [0.2, 0.25) is 0 Å². The molecular formula is C18H22. The van der Waals surface area contributed by atoms with Crippen molar-refractivity contribution in [2.24, 2.45) is 29.6 Å². The molecule has 0 heteroatoms. The van der Waals surface area contributed by atoms with Gasteiger partial charge < -0.3 is 0 Å². The summed E-state index contributed by atoms with van der Waals surface area (Å²) in [5.41, 5.74) is 8.96. The lowest BCUT2D eigenvalue weighted by molar-refractivity contribution is 0.363. The number of hydrogen-bond donors (Lipinski definition) is 0. The summed E-state index contributed by atoms with van der Waals surface area (Å²) in [7, 11) is 0. The summed E-state index contributed by atoms with van der Waals surface area (Å²) < 4.78 is 0. The van der Waals surface area contributed by atoms with Crippen LogP contribution in [0, 0.1) is 29.6 Å². The van der Waals surface area contributed by atoms with Crippen molar-refractivity contribution in [3.63, 3.8) is 0 Å². The van der Waals surface area contributed by atoms with E-state index in [0.717, 1.165) is 29.6 Å². The van der Waals surface area contributed by atoms with Crippen LogP contribution in [0.25, 0.3) is 0 Å². The Morgan fingerprint density at radius 1 is 1.00 bits per heavy atom. The molecular weight excluding hydrogens is 216 g/mol. The van der Waals surface area contributed by atoms with Gasteiger partial charge in [0.1, 0.15) is 0 Å². The zero-order chi connectivity index (χ0) is 12.0. The van der Waals surface area contributed by atoms with Crippen LogP contribution < -0.4 is 0 Å². The number of allylic oxidation sites excluding steroid dienone is 6. The van der Waals surface area contributed by atoms with Crippen LogP contribution in [0.4, 0.5) is 0 Å². The maximum Gasteiger partial charge on any atom is 0.0101 e. The predicted molar refractivity (Wildman–Crippen MR) is 74.0 cm³/mol. The first-order valence-electron chi connectivity index (χ1n) is 7.91. The zero-order valence-corrected chi connectivity index (χ0v) is 11.5. The summed E-state index contributed by atoms with van der Waals surface area (Å²) in [6.45, 7) is 4.64. The molecule has 0 spiro atoms. The Balaban J connectivity index is 1.61. The Bertz CT molecular complexity index is 542. The first-order chi connectivity index (χ1) is 8.79. The smallest absolute Gasteiger partial charge is 0.0101 e. The molecule has 0 radical (unpaired) electrons. The fourth-order valence-electron chi connectivity index (χ4n) is 6.36. The fourth-order valence-corrected chi connectivity index (χ4v) is 6.36. The van der Waals surface area contributed by atoms with Gasteiger partial charge >= 0.3 is 0 Å². The van der Waals surface area contributed by atoms with E-state index in [9.17, 15) is 0 Å². The maximum absolute atomic E-state index is 2.40. The number of fused-ring (bicyclic) bond motifs is 2. The average Bonchev–Trinajstić information content (AvgIpc) is 3.13. The monoisotopic (exact) mass is 238 g/mol. The first-order valence-corrected chi connectivity index (χ1v) is 7.91. The van der Waals surface area contributed by atoms with E-state index < -0.39 is 0 Å². The molecule has 0 aliphatic heterocycles. The van der Waals surface area contributed by atoms with Crippen LogP contribution in [-0.4, -0.2) is 0 Å². The van der Waals surface area contributed by atoms with E-state index in [1.54, 1.807) is 29.6 Å². The zero-order valence-electron chi connectivity index (χ0n) is 11.5. The highest BCUT2D eigenvalue weighted by atomic mass is 14.6. The minimum Gasteiger partial charge on any atom is -0.0835 e. The molecule has 6 bridgehead atoms.